The molecule has 0 amide bonds. The predicted octanol–water partition coefficient (Wildman–Crippen LogP) is 3.01. The van der Waals surface area contributed by atoms with Gasteiger partial charge in [0, 0.05) is 19.4 Å². The molecule has 0 aliphatic carbocycles. The summed E-state index contributed by atoms with van der Waals surface area (Å²) in [4.78, 5) is 16.3. The highest BCUT2D eigenvalue weighted by Gasteiger charge is 2.28. The van der Waals surface area contributed by atoms with Crippen molar-refractivity contribution in [1.29, 1.82) is 0 Å². The second kappa shape index (κ2) is 5.74. The van der Waals surface area contributed by atoms with Crippen molar-refractivity contribution in [3.8, 4) is 0 Å². The molecule has 5 heteroatoms. The number of hydrogen-bond donors (Lipinski definition) is 0. The third kappa shape index (κ3) is 2.61. The fraction of sp³-hybridized carbons (Fsp3) is 0.389. The van der Waals surface area contributed by atoms with Crippen LogP contribution in [0.5, 0.6) is 0 Å². The number of fused-ring (bicyclic) bond motifs is 1. The van der Waals surface area contributed by atoms with Crippen LogP contribution in [0.3, 0.4) is 0 Å². The van der Waals surface area contributed by atoms with Crippen LogP contribution < -0.4 is 0 Å². The molecule has 2 aromatic heterocycles. The van der Waals surface area contributed by atoms with Gasteiger partial charge in [-0.1, -0.05) is 12.1 Å². The highest BCUT2D eigenvalue weighted by molar-refractivity contribution is 5.75. The van der Waals surface area contributed by atoms with E-state index < -0.39 is 0 Å². The Labute approximate surface area is 136 Å². The van der Waals surface area contributed by atoms with E-state index in [0.717, 1.165) is 42.2 Å². The first-order valence-corrected chi connectivity index (χ1v) is 8.15. The van der Waals surface area contributed by atoms with Crippen LogP contribution in [0.15, 0.2) is 36.7 Å². The zero-order valence-electron chi connectivity index (χ0n) is 13.6. The molecule has 118 valence electrons. The van der Waals surface area contributed by atoms with Gasteiger partial charge in [-0.3, -0.25) is 14.9 Å². The molecule has 0 radical (unpaired) electrons. The van der Waals surface area contributed by atoms with E-state index in [4.69, 9.17) is 4.98 Å². The van der Waals surface area contributed by atoms with E-state index in [-0.39, 0.29) is 0 Å². The van der Waals surface area contributed by atoms with Crippen LogP contribution in [0.4, 0.5) is 0 Å². The Morgan fingerprint density at radius 2 is 2.04 bits per heavy atom. The van der Waals surface area contributed by atoms with Gasteiger partial charge in [-0.25, -0.2) is 4.98 Å². The maximum Gasteiger partial charge on any atom is 0.123 e. The van der Waals surface area contributed by atoms with Crippen LogP contribution in [0.1, 0.15) is 36.1 Å². The van der Waals surface area contributed by atoms with Crippen LogP contribution in [0.2, 0.25) is 0 Å². The molecule has 1 saturated heterocycles. The summed E-state index contributed by atoms with van der Waals surface area (Å²) >= 11 is 0. The molecular formula is C18H21N5. The van der Waals surface area contributed by atoms with Gasteiger partial charge in [-0.15, -0.1) is 0 Å². The average Bonchev–Trinajstić information content (AvgIpc) is 3.14. The van der Waals surface area contributed by atoms with Gasteiger partial charge in [0.1, 0.15) is 5.82 Å². The summed E-state index contributed by atoms with van der Waals surface area (Å²) in [6.45, 7) is 3.94. The van der Waals surface area contributed by atoms with Gasteiger partial charge in [0.25, 0.3) is 0 Å². The number of hydrogen-bond acceptors (Lipinski definition) is 4. The zero-order chi connectivity index (χ0) is 15.8. The third-order valence-corrected chi connectivity index (χ3v) is 4.70. The van der Waals surface area contributed by atoms with Crippen molar-refractivity contribution in [2.75, 3.05) is 6.54 Å². The van der Waals surface area contributed by atoms with Crippen molar-refractivity contribution in [2.24, 2.45) is 7.05 Å². The second-order valence-corrected chi connectivity index (χ2v) is 6.29. The largest absolute Gasteiger partial charge is 0.330 e. The summed E-state index contributed by atoms with van der Waals surface area (Å²) in [7, 11) is 2.10. The molecule has 1 aromatic carbocycles. The van der Waals surface area contributed by atoms with Gasteiger partial charge < -0.3 is 4.57 Å². The third-order valence-electron chi connectivity index (χ3n) is 4.70. The van der Waals surface area contributed by atoms with Crippen molar-refractivity contribution >= 4 is 11.0 Å². The molecule has 1 atom stereocenters. The van der Waals surface area contributed by atoms with Crippen LogP contribution in [0, 0.1) is 6.92 Å². The average molecular weight is 307 g/mol. The number of imidazole rings is 1. The summed E-state index contributed by atoms with van der Waals surface area (Å²) in [6.07, 6.45) is 6.06. The standard InChI is InChI=1S/C18H21N5/c1-13-10-19-11-15(20-13)17-8-5-9-23(17)12-18-21-14-6-3-4-7-16(14)22(18)2/h3-4,6-7,10-11,17H,5,8-9,12H2,1-2H3. The maximum atomic E-state index is 4.81. The first-order chi connectivity index (χ1) is 11.2. The molecule has 1 fully saturated rings. The Bertz CT molecular complexity index is 838. The van der Waals surface area contributed by atoms with Crippen molar-refractivity contribution in [3.63, 3.8) is 0 Å². The van der Waals surface area contributed by atoms with Crippen molar-refractivity contribution in [3.05, 3.63) is 53.9 Å². The Morgan fingerprint density at radius 3 is 2.87 bits per heavy atom. The van der Waals surface area contributed by atoms with Crippen LogP contribution in [-0.4, -0.2) is 31.0 Å². The lowest BCUT2D eigenvalue weighted by Gasteiger charge is -2.23. The molecule has 1 aliphatic heterocycles. The smallest absolute Gasteiger partial charge is 0.123 e. The van der Waals surface area contributed by atoms with Crippen LogP contribution in [0.25, 0.3) is 11.0 Å². The van der Waals surface area contributed by atoms with Gasteiger partial charge >= 0.3 is 0 Å². The van der Waals surface area contributed by atoms with E-state index in [2.05, 4.69) is 44.7 Å². The minimum Gasteiger partial charge on any atom is -0.330 e. The molecule has 1 unspecified atom stereocenters. The molecular weight excluding hydrogens is 286 g/mol. The van der Waals surface area contributed by atoms with E-state index in [9.17, 15) is 0 Å². The van der Waals surface area contributed by atoms with Crippen LogP contribution in [-0.2, 0) is 13.6 Å². The number of nitrogens with zero attached hydrogens (tertiary/aromatic N) is 5. The molecule has 0 bridgehead atoms. The molecule has 0 N–H and O–H groups in total. The molecule has 0 saturated carbocycles. The highest BCUT2D eigenvalue weighted by Crippen LogP contribution is 2.32. The van der Waals surface area contributed by atoms with E-state index in [1.54, 1.807) is 0 Å². The fourth-order valence-electron chi connectivity index (χ4n) is 3.51. The Morgan fingerprint density at radius 1 is 1.17 bits per heavy atom. The van der Waals surface area contributed by atoms with Gasteiger partial charge in [0.15, 0.2) is 0 Å². The summed E-state index contributed by atoms with van der Waals surface area (Å²) in [5.41, 5.74) is 4.32. The second-order valence-electron chi connectivity index (χ2n) is 6.29. The lowest BCUT2D eigenvalue weighted by molar-refractivity contribution is 0.236. The minimum atomic E-state index is 0.349. The SMILES string of the molecule is Cc1cncc(C2CCCN2Cc2nc3ccccc3n2C)n1. The number of aryl methyl sites for hydroxylation is 2. The molecule has 1 aliphatic rings. The predicted molar refractivity (Wildman–Crippen MR) is 89.9 cm³/mol. The first-order valence-electron chi connectivity index (χ1n) is 8.15. The number of aromatic nitrogens is 4. The fourth-order valence-corrected chi connectivity index (χ4v) is 3.51. The number of rotatable bonds is 3. The number of benzene rings is 1. The van der Waals surface area contributed by atoms with Gasteiger partial charge in [0.05, 0.1) is 35.0 Å². The van der Waals surface area contributed by atoms with Gasteiger partial charge in [-0.05, 0) is 38.4 Å². The molecule has 4 rings (SSSR count). The molecule has 3 heterocycles. The van der Waals surface area contributed by atoms with Crippen molar-refractivity contribution in [2.45, 2.75) is 32.4 Å². The summed E-state index contributed by atoms with van der Waals surface area (Å²) in [6, 6.07) is 8.66. The summed E-state index contributed by atoms with van der Waals surface area (Å²) in [5, 5.41) is 0. The van der Waals surface area contributed by atoms with Crippen LogP contribution >= 0.6 is 0 Å². The zero-order valence-corrected chi connectivity index (χ0v) is 13.6. The topological polar surface area (TPSA) is 46.8 Å². The Kier molecular flexibility index (Phi) is 3.58. The van der Waals surface area contributed by atoms with E-state index >= 15 is 0 Å². The number of para-hydroxylation sites is 2. The lowest BCUT2D eigenvalue weighted by Crippen LogP contribution is -2.25. The lowest BCUT2D eigenvalue weighted by atomic mass is 10.1. The molecule has 23 heavy (non-hydrogen) atoms. The monoisotopic (exact) mass is 307 g/mol. The maximum absolute atomic E-state index is 4.81. The quantitative estimate of drug-likeness (QED) is 0.746. The Balaban J connectivity index is 1.63. The van der Waals surface area contributed by atoms with Crippen molar-refractivity contribution < 1.29 is 0 Å². The normalized spacial score (nSPS) is 18.8. The molecule has 0 spiro atoms. The van der Waals surface area contributed by atoms with Crippen molar-refractivity contribution in [1.82, 2.24) is 24.4 Å². The van der Waals surface area contributed by atoms with E-state index in [1.165, 1.54) is 11.9 Å². The molecule has 5 nitrogen and oxygen atoms in total. The summed E-state index contributed by atoms with van der Waals surface area (Å²) in [5.74, 6) is 1.11. The first kappa shape index (κ1) is 14.3. The number of likely N-dealkylation sites (tertiary alicyclic amines) is 1. The molecule has 3 aromatic rings. The minimum absolute atomic E-state index is 0.349. The highest BCUT2D eigenvalue weighted by atomic mass is 15.2. The van der Waals surface area contributed by atoms with E-state index in [0.29, 0.717) is 6.04 Å². The van der Waals surface area contributed by atoms with E-state index in [1.807, 2.05) is 25.4 Å². The Hall–Kier alpha value is -2.27. The summed E-state index contributed by atoms with van der Waals surface area (Å²) < 4.78 is 2.20. The van der Waals surface area contributed by atoms with Gasteiger partial charge in [-0.2, -0.15) is 0 Å². The van der Waals surface area contributed by atoms with Gasteiger partial charge in [0.2, 0.25) is 0 Å².